The highest BCUT2D eigenvalue weighted by Gasteiger charge is 2.20. The summed E-state index contributed by atoms with van der Waals surface area (Å²) in [6.07, 6.45) is 0. The molecule has 0 spiro atoms. The molecule has 0 saturated heterocycles. The van der Waals surface area contributed by atoms with Gasteiger partial charge in [0.05, 0.1) is 17.7 Å². The van der Waals surface area contributed by atoms with Gasteiger partial charge in [-0.1, -0.05) is 17.7 Å². The normalized spacial score (nSPS) is 11.4. The van der Waals surface area contributed by atoms with Gasteiger partial charge in [0, 0.05) is 19.7 Å². The number of hydrogen-bond donors (Lipinski definition) is 1. The Kier molecular flexibility index (Phi) is 5.26. The fraction of sp³-hybridized carbons (Fsp3) is 0.235. The highest BCUT2D eigenvalue weighted by molar-refractivity contribution is 7.89. The molecule has 0 aliphatic heterocycles. The second-order valence-corrected chi connectivity index (χ2v) is 7.62. The predicted octanol–water partition coefficient (Wildman–Crippen LogP) is 2.51. The second kappa shape index (κ2) is 7.02. The molecule has 0 aliphatic carbocycles. The summed E-state index contributed by atoms with van der Waals surface area (Å²) in [5, 5.41) is 2.70. The van der Waals surface area contributed by atoms with Gasteiger partial charge in [0.1, 0.15) is 5.75 Å². The van der Waals surface area contributed by atoms with Crippen LogP contribution in [0.15, 0.2) is 47.4 Å². The van der Waals surface area contributed by atoms with Crippen molar-refractivity contribution in [2.75, 3.05) is 26.5 Å². The van der Waals surface area contributed by atoms with Crippen molar-refractivity contribution in [3.63, 3.8) is 0 Å². The first-order chi connectivity index (χ1) is 11.3. The van der Waals surface area contributed by atoms with Gasteiger partial charge in [-0.05, 0) is 37.3 Å². The third-order valence-corrected chi connectivity index (χ3v) is 5.32. The van der Waals surface area contributed by atoms with E-state index in [0.717, 1.165) is 9.87 Å². The standard InChI is InChI=1S/C17H20N2O4S/c1-12-5-7-13(8-6-12)17(20)18-15-11-14(9-10-16(15)23-4)24(21,22)19(2)3/h5-11H,1-4H3,(H,18,20). The average Bonchev–Trinajstić information content (AvgIpc) is 2.55. The Morgan fingerprint density at radius 1 is 1.08 bits per heavy atom. The van der Waals surface area contributed by atoms with Crippen molar-refractivity contribution in [1.29, 1.82) is 0 Å². The molecule has 0 fully saturated rings. The lowest BCUT2D eigenvalue weighted by atomic mass is 10.1. The lowest BCUT2D eigenvalue weighted by Gasteiger charge is -2.15. The molecular formula is C17H20N2O4S. The summed E-state index contributed by atoms with van der Waals surface area (Å²) in [4.78, 5) is 12.4. The molecule has 6 nitrogen and oxygen atoms in total. The van der Waals surface area contributed by atoms with Crippen LogP contribution in [0.25, 0.3) is 0 Å². The molecule has 24 heavy (non-hydrogen) atoms. The molecule has 2 aromatic carbocycles. The molecule has 7 heteroatoms. The van der Waals surface area contributed by atoms with Crippen molar-refractivity contribution < 1.29 is 17.9 Å². The van der Waals surface area contributed by atoms with Crippen LogP contribution < -0.4 is 10.1 Å². The van der Waals surface area contributed by atoms with E-state index in [4.69, 9.17) is 4.74 Å². The third-order valence-electron chi connectivity index (χ3n) is 3.51. The van der Waals surface area contributed by atoms with E-state index in [1.165, 1.54) is 39.4 Å². The summed E-state index contributed by atoms with van der Waals surface area (Å²) in [5.74, 6) is 0.0425. The van der Waals surface area contributed by atoms with Gasteiger partial charge < -0.3 is 10.1 Å². The van der Waals surface area contributed by atoms with E-state index in [1.807, 2.05) is 19.1 Å². The first-order valence-electron chi connectivity index (χ1n) is 7.24. The van der Waals surface area contributed by atoms with Gasteiger partial charge in [0.2, 0.25) is 10.0 Å². The SMILES string of the molecule is COc1ccc(S(=O)(=O)N(C)C)cc1NC(=O)c1ccc(C)cc1. The lowest BCUT2D eigenvalue weighted by Crippen LogP contribution is -2.22. The molecule has 0 heterocycles. The molecule has 0 unspecified atom stereocenters. The van der Waals surface area contributed by atoms with E-state index in [1.54, 1.807) is 12.1 Å². The fourth-order valence-corrected chi connectivity index (χ4v) is 2.98. The molecule has 2 aromatic rings. The molecule has 0 saturated carbocycles. The lowest BCUT2D eigenvalue weighted by molar-refractivity contribution is 0.102. The van der Waals surface area contributed by atoms with Crippen LogP contribution in [0.5, 0.6) is 5.75 Å². The van der Waals surface area contributed by atoms with Crippen LogP contribution >= 0.6 is 0 Å². The number of aryl methyl sites for hydroxylation is 1. The van der Waals surface area contributed by atoms with Crippen LogP contribution in [0.3, 0.4) is 0 Å². The van der Waals surface area contributed by atoms with E-state index in [2.05, 4.69) is 5.32 Å². The number of rotatable bonds is 5. The van der Waals surface area contributed by atoms with E-state index in [0.29, 0.717) is 17.0 Å². The number of methoxy groups -OCH3 is 1. The van der Waals surface area contributed by atoms with Gasteiger partial charge in [0.25, 0.3) is 5.91 Å². The number of anilines is 1. The maximum Gasteiger partial charge on any atom is 0.255 e. The smallest absolute Gasteiger partial charge is 0.255 e. The largest absolute Gasteiger partial charge is 0.495 e. The van der Waals surface area contributed by atoms with Crippen LogP contribution in [0, 0.1) is 6.92 Å². The zero-order valence-electron chi connectivity index (χ0n) is 14.0. The fourth-order valence-electron chi connectivity index (χ4n) is 2.06. The number of ether oxygens (including phenoxy) is 1. The third kappa shape index (κ3) is 3.74. The molecule has 0 aromatic heterocycles. The minimum atomic E-state index is -3.60. The molecule has 0 atom stereocenters. The minimum absolute atomic E-state index is 0.0764. The van der Waals surface area contributed by atoms with Crippen molar-refractivity contribution in [3.05, 3.63) is 53.6 Å². The Morgan fingerprint density at radius 3 is 2.25 bits per heavy atom. The Labute approximate surface area is 142 Å². The molecule has 0 aliphatic rings. The molecular weight excluding hydrogens is 328 g/mol. The van der Waals surface area contributed by atoms with Crippen molar-refractivity contribution in [2.24, 2.45) is 0 Å². The Bertz CT molecular complexity index is 843. The van der Waals surface area contributed by atoms with Crippen molar-refractivity contribution in [3.8, 4) is 5.75 Å². The minimum Gasteiger partial charge on any atom is -0.495 e. The zero-order chi connectivity index (χ0) is 17.9. The van der Waals surface area contributed by atoms with Crippen LogP contribution in [-0.2, 0) is 10.0 Å². The number of hydrogen-bond acceptors (Lipinski definition) is 4. The van der Waals surface area contributed by atoms with E-state index < -0.39 is 10.0 Å². The summed E-state index contributed by atoms with van der Waals surface area (Å²) >= 11 is 0. The number of carbonyl (C=O) groups excluding carboxylic acids is 1. The van der Waals surface area contributed by atoms with Gasteiger partial charge in [-0.25, -0.2) is 12.7 Å². The van der Waals surface area contributed by atoms with E-state index in [9.17, 15) is 13.2 Å². The highest BCUT2D eigenvalue weighted by Crippen LogP contribution is 2.28. The Hall–Kier alpha value is -2.38. The van der Waals surface area contributed by atoms with E-state index in [-0.39, 0.29) is 10.8 Å². The number of nitrogens with zero attached hydrogens (tertiary/aromatic N) is 1. The summed E-state index contributed by atoms with van der Waals surface area (Å²) < 4.78 is 30.8. The first kappa shape index (κ1) is 18.0. The van der Waals surface area contributed by atoms with Crippen molar-refractivity contribution in [2.45, 2.75) is 11.8 Å². The van der Waals surface area contributed by atoms with Gasteiger partial charge in [-0.2, -0.15) is 0 Å². The average molecular weight is 348 g/mol. The monoisotopic (exact) mass is 348 g/mol. The molecule has 0 bridgehead atoms. The number of carbonyl (C=O) groups is 1. The topological polar surface area (TPSA) is 75.7 Å². The quantitative estimate of drug-likeness (QED) is 0.901. The molecule has 0 radical (unpaired) electrons. The van der Waals surface area contributed by atoms with Gasteiger partial charge >= 0.3 is 0 Å². The Morgan fingerprint density at radius 2 is 1.71 bits per heavy atom. The van der Waals surface area contributed by atoms with Crippen molar-refractivity contribution in [1.82, 2.24) is 4.31 Å². The first-order valence-corrected chi connectivity index (χ1v) is 8.68. The summed E-state index contributed by atoms with van der Waals surface area (Å²) in [6, 6.07) is 11.4. The Balaban J connectivity index is 2.38. The predicted molar refractivity (Wildman–Crippen MR) is 93.0 cm³/mol. The van der Waals surface area contributed by atoms with Crippen LogP contribution in [0.4, 0.5) is 5.69 Å². The van der Waals surface area contributed by atoms with Crippen LogP contribution in [-0.4, -0.2) is 39.8 Å². The zero-order valence-corrected chi connectivity index (χ0v) is 14.8. The molecule has 2 rings (SSSR count). The number of amides is 1. The number of benzene rings is 2. The van der Waals surface area contributed by atoms with Crippen LogP contribution in [0.1, 0.15) is 15.9 Å². The van der Waals surface area contributed by atoms with Crippen molar-refractivity contribution >= 4 is 21.6 Å². The maximum atomic E-state index is 12.4. The maximum absolute atomic E-state index is 12.4. The molecule has 1 amide bonds. The van der Waals surface area contributed by atoms with Gasteiger partial charge in [-0.15, -0.1) is 0 Å². The highest BCUT2D eigenvalue weighted by atomic mass is 32.2. The number of nitrogens with one attached hydrogen (secondary N) is 1. The van der Waals surface area contributed by atoms with Gasteiger partial charge in [-0.3, -0.25) is 4.79 Å². The summed E-state index contributed by atoms with van der Waals surface area (Å²) in [7, 11) is 0.748. The summed E-state index contributed by atoms with van der Waals surface area (Å²) in [6.45, 7) is 1.93. The van der Waals surface area contributed by atoms with E-state index >= 15 is 0 Å². The molecule has 1 N–H and O–H groups in total. The van der Waals surface area contributed by atoms with Crippen LogP contribution in [0.2, 0.25) is 0 Å². The van der Waals surface area contributed by atoms with Gasteiger partial charge in [0.15, 0.2) is 0 Å². The second-order valence-electron chi connectivity index (χ2n) is 5.47. The summed E-state index contributed by atoms with van der Waals surface area (Å²) in [5.41, 5.74) is 1.82. The number of sulfonamides is 1. The molecule has 128 valence electrons.